The molecule has 1 fully saturated rings. The largest absolute Gasteiger partial charge is 0.495 e. The molecule has 44 heavy (non-hydrogen) atoms. The summed E-state index contributed by atoms with van der Waals surface area (Å²) in [6.45, 7) is -3.50. The Kier molecular flexibility index (Phi) is 21.1. The molecule has 1 heterocycles. The highest BCUT2D eigenvalue weighted by Crippen LogP contribution is 2.33. The standard InChI is InChI=1S/C25H45F6NO12/c26-23(27,18-40-11-10-39-14-20(34)12-37-8-6-32-4-2-1-3-5-32)43-25(30,31)44-24(28,29)19-42-17-22(36)16-41-15-21(35)13-38-9-7-33/h20-22,33-36H,1-19H2. The smallest absolute Gasteiger partial charge is 0.394 e. The molecule has 264 valence electrons. The van der Waals surface area contributed by atoms with Crippen LogP contribution in [-0.2, 0) is 37.9 Å². The molecule has 0 radical (unpaired) electrons. The lowest BCUT2D eigenvalue weighted by molar-refractivity contribution is -0.518. The van der Waals surface area contributed by atoms with Gasteiger partial charge >= 0.3 is 18.5 Å². The molecule has 0 aliphatic carbocycles. The normalized spacial score (nSPS) is 17.6. The van der Waals surface area contributed by atoms with E-state index in [0.29, 0.717) is 6.61 Å². The number of halogens is 6. The Balaban J connectivity index is 2.15. The maximum atomic E-state index is 13.7. The minimum Gasteiger partial charge on any atom is -0.394 e. The van der Waals surface area contributed by atoms with Crippen LogP contribution in [0, 0.1) is 0 Å². The van der Waals surface area contributed by atoms with Gasteiger partial charge in [0.15, 0.2) is 0 Å². The van der Waals surface area contributed by atoms with E-state index in [-0.39, 0.29) is 46.2 Å². The number of alkyl halides is 6. The van der Waals surface area contributed by atoms with Crippen molar-refractivity contribution in [3.8, 4) is 0 Å². The van der Waals surface area contributed by atoms with Gasteiger partial charge in [-0.25, -0.2) is 9.47 Å². The first kappa shape index (κ1) is 41.1. The maximum Gasteiger partial charge on any atom is 0.495 e. The second kappa shape index (κ2) is 22.6. The van der Waals surface area contributed by atoms with Gasteiger partial charge < -0.3 is 53.7 Å². The van der Waals surface area contributed by atoms with Crippen LogP contribution in [0.25, 0.3) is 0 Å². The Hall–Kier alpha value is -0.940. The van der Waals surface area contributed by atoms with Crippen molar-refractivity contribution in [2.45, 2.75) is 56.1 Å². The number of nitrogens with zero attached hydrogens (tertiary/aromatic N) is 1. The van der Waals surface area contributed by atoms with E-state index in [1.165, 1.54) is 6.42 Å². The van der Waals surface area contributed by atoms with Crippen LogP contribution in [0.2, 0.25) is 0 Å². The summed E-state index contributed by atoms with van der Waals surface area (Å²) in [7, 11) is 0. The third kappa shape index (κ3) is 22.5. The molecule has 0 aromatic rings. The van der Waals surface area contributed by atoms with Gasteiger partial charge in [-0.05, 0) is 25.9 Å². The topological polar surface area (TPSA) is 158 Å². The number of ether oxygens (including phenoxy) is 8. The Bertz CT molecular complexity index is 713. The third-order valence-corrected chi connectivity index (χ3v) is 5.55. The maximum absolute atomic E-state index is 13.7. The number of rotatable bonds is 28. The predicted octanol–water partition coefficient (Wildman–Crippen LogP) is 0.416. The van der Waals surface area contributed by atoms with E-state index < -0.39 is 69.9 Å². The highest BCUT2D eigenvalue weighted by molar-refractivity contribution is 4.64. The van der Waals surface area contributed by atoms with Crippen LogP contribution < -0.4 is 0 Å². The summed E-state index contributed by atoms with van der Waals surface area (Å²) in [5.41, 5.74) is 0. The fraction of sp³-hybridized carbons (Fsp3) is 1.00. The van der Waals surface area contributed by atoms with Crippen LogP contribution in [-0.4, -0.2) is 168 Å². The minimum absolute atomic E-state index is 0.00511. The molecule has 1 rings (SSSR count). The van der Waals surface area contributed by atoms with E-state index >= 15 is 0 Å². The Morgan fingerprint density at radius 3 is 1.52 bits per heavy atom. The highest BCUT2D eigenvalue weighted by atomic mass is 19.3. The van der Waals surface area contributed by atoms with Gasteiger partial charge in [-0.3, -0.25) is 0 Å². The van der Waals surface area contributed by atoms with Gasteiger partial charge in [0.05, 0.1) is 72.7 Å². The average Bonchev–Trinajstić information content (AvgIpc) is 2.92. The van der Waals surface area contributed by atoms with Crippen LogP contribution >= 0.6 is 0 Å². The number of piperidine rings is 1. The summed E-state index contributed by atoms with van der Waals surface area (Å²) in [5, 5.41) is 37.5. The fourth-order valence-corrected chi connectivity index (χ4v) is 3.63. The summed E-state index contributed by atoms with van der Waals surface area (Å²) in [6, 6.07) is 0. The monoisotopic (exact) mass is 665 g/mol. The van der Waals surface area contributed by atoms with Crippen molar-refractivity contribution in [3.63, 3.8) is 0 Å². The number of likely N-dealkylation sites (tertiary alicyclic amines) is 1. The molecule has 3 atom stereocenters. The van der Waals surface area contributed by atoms with E-state index in [4.69, 9.17) is 24.1 Å². The first-order valence-electron chi connectivity index (χ1n) is 14.1. The second-order valence-electron chi connectivity index (χ2n) is 9.86. The number of aliphatic hydroxyl groups excluding tert-OH is 4. The Morgan fingerprint density at radius 2 is 0.977 bits per heavy atom. The zero-order valence-corrected chi connectivity index (χ0v) is 24.4. The molecule has 0 saturated carbocycles. The average molecular weight is 666 g/mol. The van der Waals surface area contributed by atoms with Crippen LogP contribution in [0.5, 0.6) is 0 Å². The number of hydrogen-bond donors (Lipinski definition) is 4. The lowest BCUT2D eigenvalue weighted by atomic mass is 10.1. The van der Waals surface area contributed by atoms with Crippen LogP contribution in [0.3, 0.4) is 0 Å². The van der Waals surface area contributed by atoms with Crippen LogP contribution in [0.4, 0.5) is 26.3 Å². The molecule has 19 heteroatoms. The van der Waals surface area contributed by atoms with E-state index in [0.717, 1.165) is 32.5 Å². The lowest BCUT2D eigenvalue weighted by Gasteiger charge is -2.26. The summed E-state index contributed by atoms with van der Waals surface area (Å²) in [4.78, 5) is 2.26. The molecule has 4 N–H and O–H groups in total. The van der Waals surface area contributed by atoms with E-state index in [1.807, 2.05) is 0 Å². The molecule has 13 nitrogen and oxygen atoms in total. The Morgan fingerprint density at radius 1 is 0.545 bits per heavy atom. The lowest BCUT2D eigenvalue weighted by Crippen LogP contribution is -2.44. The van der Waals surface area contributed by atoms with Gasteiger partial charge in [-0.2, -0.15) is 17.6 Å². The second-order valence-corrected chi connectivity index (χ2v) is 9.86. The Labute approximate surface area is 251 Å². The van der Waals surface area contributed by atoms with Crippen molar-refractivity contribution >= 4 is 0 Å². The van der Waals surface area contributed by atoms with Gasteiger partial charge in [0.2, 0.25) is 0 Å². The number of aliphatic hydroxyl groups is 4. The van der Waals surface area contributed by atoms with Gasteiger partial charge in [-0.1, -0.05) is 6.42 Å². The SMILES string of the molecule is OCCOCC(O)COCC(O)COCC(F)(F)OC(F)(F)OC(F)(F)COCCOCC(O)COCCN1CCCCC1. The van der Waals surface area contributed by atoms with Crippen molar-refractivity contribution in [1.82, 2.24) is 4.90 Å². The summed E-state index contributed by atoms with van der Waals surface area (Å²) in [6.07, 6.45) is -15.1. The molecule has 0 amide bonds. The highest BCUT2D eigenvalue weighted by Gasteiger charge is 2.52. The molecule has 0 bridgehead atoms. The van der Waals surface area contributed by atoms with Gasteiger partial charge in [0, 0.05) is 6.54 Å². The van der Waals surface area contributed by atoms with Crippen LogP contribution in [0.15, 0.2) is 0 Å². The van der Waals surface area contributed by atoms with Crippen molar-refractivity contribution in [3.05, 3.63) is 0 Å². The number of hydrogen-bond acceptors (Lipinski definition) is 13. The van der Waals surface area contributed by atoms with E-state index in [2.05, 4.69) is 23.8 Å². The third-order valence-electron chi connectivity index (χ3n) is 5.55. The molecule has 0 aromatic carbocycles. The molecule has 3 unspecified atom stereocenters. The molecule has 1 saturated heterocycles. The van der Waals surface area contributed by atoms with E-state index in [1.54, 1.807) is 0 Å². The van der Waals surface area contributed by atoms with Crippen molar-refractivity contribution in [2.24, 2.45) is 0 Å². The first-order valence-corrected chi connectivity index (χ1v) is 14.1. The summed E-state index contributed by atoms with van der Waals surface area (Å²) >= 11 is 0. The zero-order valence-electron chi connectivity index (χ0n) is 24.4. The minimum atomic E-state index is -5.45. The first-order chi connectivity index (χ1) is 20.7. The van der Waals surface area contributed by atoms with Gasteiger partial charge in [0.25, 0.3) is 0 Å². The van der Waals surface area contributed by atoms with Crippen molar-refractivity contribution < 1.29 is 84.7 Å². The molecule has 1 aliphatic rings. The van der Waals surface area contributed by atoms with Crippen molar-refractivity contribution in [2.75, 3.05) is 106 Å². The summed E-state index contributed by atoms with van der Waals surface area (Å²) < 4.78 is 117. The van der Waals surface area contributed by atoms with Crippen LogP contribution in [0.1, 0.15) is 19.3 Å². The molecular formula is C25H45F6NO12. The van der Waals surface area contributed by atoms with E-state index in [9.17, 15) is 41.7 Å². The molecular weight excluding hydrogens is 620 g/mol. The molecule has 0 spiro atoms. The van der Waals surface area contributed by atoms with Gasteiger partial charge in [0.1, 0.15) is 31.5 Å². The van der Waals surface area contributed by atoms with Gasteiger partial charge in [-0.15, -0.1) is 8.78 Å². The summed E-state index contributed by atoms with van der Waals surface area (Å²) in [5.74, 6) is 0. The molecule has 0 aromatic heterocycles. The molecule has 1 aliphatic heterocycles. The zero-order chi connectivity index (χ0) is 32.9. The fourth-order valence-electron chi connectivity index (χ4n) is 3.63. The predicted molar refractivity (Wildman–Crippen MR) is 137 cm³/mol. The van der Waals surface area contributed by atoms with Crippen molar-refractivity contribution in [1.29, 1.82) is 0 Å². The quantitative estimate of drug-likeness (QED) is 0.0518.